The van der Waals surface area contributed by atoms with Gasteiger partial charge in [0.15, 0.2) is 0 Å². The average Bonchev–Trinajstić information content (AvgIpc) is 2.47. The van der Waals surface area contributed by atoms with Crippen molar-refractivity contribution < 1.29 is 4.39 Å². The van der Waals surface area contributed by atoms with Gasteiger partial charge in [-0.25, -0.2) is 4.39 Å². The van der Waals surface area contributed by atoms with Gasteiger partial charge in [-0.1, -0.05) is 36.4 Å². The minimum atomic E-state index is -0.787. The molecule has 0 saturated carbocycles. The fourth-order valence-corrected chi connectivity index (χ4v) is 1.68. The first-order valence-corrected chi connectivity index (χ1v) is 4.20. The molecule has 2 rings (SSSR count). The lowest BCUT2D eigenvalue weighted by atomic mass is 9.97. The molecule has 1 aliphatic rings. The standard InChI is InChI=1S/C11H11F/c1-8(12)10-7-6-9-4-2-3-5-11(9)10/h2-8,10H,1H3. The van der Waals surface area contributed by atoms with E-state index in [4.69, 9.17) is 0 Å². The van der Waals surface area contributed by atoms with E-state index in [1.165, 1.54) is 0 Å². The molecule has 0 nitrogen and oxygen atoms in total. The molecule has 2 atom stereocenters. The van der Waals surface area contributed by atoms with Crippen LogP contribution < -0.4 is 0 Å². The first-order chi connectivity index (χ1) is 5.79. The van der Waals surface area contributed by atoms with Crippen molar-refractivity contribution in [2.24, 2.45) is 0 Å². The summed E-state index contributed by atoms with van der Waals surface area (Å²) in [4.78, 5) is 0. The van der Waals surface area contributed by atoms with Crippen LogP contribution in [0.25, 0.3) is 6.08 Å². The molecule has 0 spiro atoms. The molecule has 1 aliphatic carbocycles. The molecule has 1 aromatic rings. The summed E-state index contributed by atoms with van der Waals surface area (Å²) in [6, 6.07) is 7.96. The van der Waals surface area contributed by atoms with Crippen LogP contribution in [0.1, 0.15) is 24.0 Å². The summed E-state index contributed by atoms with van der Waals surface area (Å²) in [7, 11) is 0. The van der Waals surface area contributed by atoms with E-state index in [1.54, 1.807) is 6.92 Å². The highest BCUT2D eigenvalue weighted by molar-refractivity contribution is 5.62. The summed E-state index contributed by atoms with van der Waals surface area (Å²) >= 11 is 0. The minimum Gasteiger partial charge on any atom is -0.247 e. The summed E-state index contributed by atoms with van der Waals surface area (Å²) in [6.45, 7) is 1.61. The third kappa shape index (κ3) is 1.06. The number of hydrogen-bond donors (Lipinski definition) is 0. The fraction of sp³-hybridized carbons (Fsp3) is 0.273. The predicted octanol–water partition coefficient (Wildman–Crippen LogP) is 3.16. The number of rotatable bonds is 1. The van der Waals surface area contributed by atoms with Crippen molar-refractivity contribution in [3.63, 3.8) is 0 Å². The van der Waals surface area contributed by atoms with Gasteiger partial charge >= 0.3 is 0 Å². The van der Waals surface area contributed by atoms with E-state index in [0.717, 1.165) is 11.1 Å². The third-order valence-electron chi connectivity index (χ3n) is 2.33. The summed E-state index contributed by atoms with van der Waals surface area (Å²) < 4.78 is 13.0. The first-order valence-electron chi connectivity index (χ1n) is 4.20. The highest BCUT2D eigenvalue weighted by Crippen LogP contribution is 2.33. The van der Waals surface area contributed by atoms with Crippen LogP contribution in [0.3, 0.4) is 0 Å². The summed E-state index contributed by atoms with van der Waals surface area (Å²) in [5.41, 5.74) is 2.28. The number of hydrogen-bond acceptors (Lipinski definition) is 0. The lowest BCUT2D eigenvalue weighted by Crippen LogP contribution is -2.05. The van der Waals surface area contributed by atoms with Crippen LogP contribution in [-0.2, 0) is 0 Å². The molecular weight excluding hydrogens is 151 g/mol. The molecule has 1 heteroatoms. The van der Waals surface area contributed by atoms with Crippen LogP contribution in [0.4, 0.5) is 4.39 Å². The average molecular weight is 162 g/mol. The SMILES string of the molecule is CC(F)C1C=Cc2ccccc21. The molecule has 0 fully saturated rings. The molecule has 0 N–H and O–H groups in total. The molecule has 0 amide bonds. The second kappa shape index (κ2) is 2.74. The third-order valence-corrected chi connectivity index (χ3v) is 2.33. The van der Waals surface area contributed by atoms with Gasteiger partial charge in [0.1, 0.15) is 6.17 Å². The molecule has 0 bridgehead atoms. The monoisotopic (exact) mass is 162 g/mol. The first kappa shape index (κ1) is 7.53. The predicted molar refractivity (Wildman–Crippen MR) is 48.8 cm³/mol. The van der Waals surface area contributed by atoms with Gasteiger partial charge in [0, 0.05) is 5.92 Å². The summed E-state index contributed by atoms with van der Waals surface area (Å²) in [6.07, 6.45) is 3.15. The topological polar surface area (TPSA) is 0 Å². The maximum atomic E-state index is 13.0. The highest BCUT2D eigenvalue weighted by Gasteiger charge is 2.21. The highest BCUT2D eigenvalue weighted by atomic mass is 19.1. The molecule has 12 heavy (non-hydrogen) atoms. The maximum absolute atomic E-state index is 13.0. The van der Waals surface area contributed by atoms with Crippen molar-refractivity contribution in [3.8, 4) is 0 Å². The van der Waals surface area contributed by atoms with Crippen LogP contribution in [0.2, 0.25) is 0 Å². The zero-order valence-corrected chi connectivity index (χ0v) is 7.00. The van der Waals surface area contributed by atoms with Crippen molar-refractivity contribution in [1.82, 2.24) is 0 Å². The van der Waals surface area contributed by atoms with E-state index >= 15 is 0 Å². The Morgan fingerprint density at radius 1 is 1.33 bits per heavy atom. The Morgan fingerprint density at radius 2 is 2.08 bits per heavy atom. The van der Waals surface area contributed by atoms with Crippen molar-refractivity contribution >= 4 is 6.08 Å². The number of fused-ring (bicyclic) bond motifs is 1. The van der Waals surface area contributed by atoms with E-state index in [2.05, 4.69) is 0 Å². The molecule has 2 unspecified atom stereocenters. The lowest BCUT2D eigenvalue weighted by Gasteiger charge is -2.11. The maximum Gasteiger partial charge on any atom is 0.108 e. The molecule has 1 aromatic carbocycles. The Balaban J connectivity index is 2.42. The van der Waals surface area contributed by atoms with Gasteiger partial charge in [-0.3, -0.25) is 0 Å². The van der Waals surface area contributed by atoms with E-state index in [-0.39, 0.29) is 5.92 Å². The Kier molecular flexibility index (Phi) is 1.72. The molecule has 0 heterocycles. The fourth-order valence-electron chi connectivity index (χ4n) is 1.68. The Labute approximate surface area is 71.7 Å². The normalized spacial score (nSPS) is 22.3. The van der Waals surface area contributed by atoms with Crippen molar-refractivity contribution in [2.45, 2.75) is 19.0 Å². The molecule has 0 radical (unpaired) electrons. The zero-order valence-electron chi connectivity index (χ0n) is 7.00. The number of benzene rings is 1. The van der Waals surface area contributed by atoms with Gasteiger partial charge in [-0.05, 0) is 18.1 Å². The Morgan fingerprint density at radius 3 is 2.83 bits per heavy atom. The largest absolute Gasteiger partial charge is 0.247 e. The second-order valence-electron chi connectivity index (χ2n) is 3.19. The summed E-state index contributed by atoms with van der Waals surface area (Å²) in [5, 5.41) is 0. The van der Waals surface area contributed by atoms with Crippen LogP contribution in [0, 0.1) is 0 Å². The van der Waals surface area contributed by atoms with Gasteiger partial charge in [-0.15, -0.1) is 0 Å². The lowest BCUT2D eigenvalue weighted by molar-refractivity contribution is 0.336. The molecular formula is C11H11F. The second-order valence-corrected chi connectivity index (χ2v) is 3.19. The van der Waals surface area contributed by atoms with Gasteiger partial charge in [0.05, 0.1) is 0 Å². The smallest absolute Gasteiger partial charge is 0.108 e. The molecule has 0 aliphatic heterocycles. The van der Waals surface area contributed by atoms with Crippen molar-refractivity contribution in [3.05, 3.63) is 41.5 Å². The van der Waals surface area contributed by atoms with Crippen LogP contribution >= 0.6 is 0 Å². The number of halogens is 1. The van der Waals surface area contributed by atoms with Crippen LogP contribution in [0.15, 0.2) is 30.3 Å². The number of allylic oxidation sites excluding steroid dienone is 1. The van der Waals surface area contributed by atoms with Gasteiger partial charge in [0.2, 0.25) is 0 Å². The van der Waals surface area contributed by atoms with E-state index in [1.807, 2.05) is 36.4 Å². The Bertz CT molecular complexity index is 313. The van der Waals surface area contributed by atoms with Gasteiger partial charge in [-0.2, -0.15) is 0 Å². The van der Waals surface area contributed by atoms with Gasteiger partial charge < -0.3 is 0 Å². The minimum absolute atomic E-state index is 0.0267. The van der Waals surface area contributed by atoms with Gasteiger partial charge in [0.25, 0.3) is 0 Å². The van der Waals surface area contributed by atoms with Crippen molar-refractivity contribution in [1.29, 1.82) is 0 Å². The molecule has 0 saturated heterocycles. The van der Waals surface area contributed by atoms with E-state index < -0.39 is 6.17 Å². The molecule has 62 valence electrons. The van der Waals surface area contributed by atoms with Crippen molar-refractivity contribution in [2.75, 3.05) is 0 Å². The van der Waals surface area contributed by atoms with Crippen LogP contribution in [-0.4, -0.2) is 6.17 Å². The zero-order chi connectivity index (χ0) is 8.55. The van der Waals surface area contributed by atoms with E-state index in [9.17, 15) is 4.39 Å². The Hall–Kier alpha value is -1.11. The molecule has 0 aromatic heterocycles. The summed E-state index contributed by atoms with van der Waals surface area (Å²) in [5.74, 6) is -0.0267. The van der Waals surface area contributed by atoms with E-state index in [0.29, 0.717) is 0 Å². The van der Waals surface area contributed by atoms with Crippen LogP contribution in [0.5, 0.6) is 0 Å². The quantitative estimate of drug-likeness (QED) is 0.595. The number of alkyl halides is 1.